The number of aryl methyl sites for hydroxylation is 1. The zero-order valence-corrected chi connectivity index (χ0v) is 11.0. The highest BCUT2D eigenvalue weighted by molar-refractivity contribution is 5.46. The number of imidazole rings is 1. The van der Waals surface area contributed by atoms with E-state index < -0.39 is 0 Å². The van der Waals surface area contributed by atoms with E-state index in [1.54, 1.807) is 12.5 Å². The van der Waals surface area contributed by atoms with Crippen LogP contribution in [0.15, 0.2) is 17.0 Å². The van der Waals surface area contributed by atoms with Crippen molar-refractivity contribution in [3.63, 3.8) is 0 Å². The van der Waals surface area contributed by atoms with Crippen molar-refractivity contribution in [2.24, 2.45) is 18.7 Å². The second-order valence-corrected chi connectivity index (χ2v) is 5.00. The molecule has 0 aromatic carbocycles. The third-order valence-corrected chi connectivity index (χ3v) is 2.72. The van der Waals surface area contributed by atoms with E-state index in [9.17, 15) is 0 Å². The largest absolute Gasteiger partial charge is 0.339 e. The molecular formula is C12H19N5O. The summed E-state index contributed by atoms with van der Waals surface area (Å²) in [5.41, 5.74) is 6.85. The molecule has 2 aromatic rings. The van der Waals surface area contributed by atoms with Gasteiger partial charge in [-0.2, -0.15) is 4.98 Å². The van der Waals surface area contributed by atoms with Gasteiger partial charge in [0.25, 0.3) is 0 Å². The minimum absolute atomic E-state index is 0.0600. The number of nitrogens with two attached hydrogens (primary N) is 1. The smallest absolute Gasteiger partial charge is 0.228 e. The summed E-state index contributed by atoms with van der Waals surface area (Å²) in [6, 6.07) is 0.0600. The molecule has 0 bridgehead atoms. The highest BCUT2D eigenvalue weighted by Gasteiger charge is 2.14. The molecule has 18 heavy (non-hydrogen) atoms. The van der Waals surface area contributed by atoms with Gasteiger partial charge in [0.15, 0.2) is 0 Å². The average Bonchev–Trinajstić information content (AvgIpc) is 2.85. The van der Waals surface area contributed by atoms with Crippen LogP contribution in [0.5, 0.6) is 0 Å². The Kier molecular flexibility index (Phi) is 3.76. The van der Waals surface area contributed by atoms with Crippen LogP contribution < -0.4 is 5.73 Å². The molecule has 1 unspecified atom stereocenters. The molecule has 0 radical (unpaired) electrons. The quantitative estimate of drug-likeness (QED) is 0.865. The molecule has 2 rings (SSSR count). The standard InChI is InChI=1S/C12H19N5O/c1-8(2)4-9(13)5-11-15-12(16-18-11)10-6-14-7-17(10)3/h6-9H,4-5,13H2,1-3H3. The molecule has 0 aliphatic carbocycles. The molecule has 1 atom stereocenters. The summed E-state index contributed by atoms with van der Waals surface area (Å²) < 4.78 is 7.06. The normalized spacial score (nSPS) is 13.2. The van der Waals surface area contributed by atoms with Crippen molar-refractivity contribution in [3.8, 4) is 11.5 Å². The highest BCUT2D eigenvalue weighted by Crippen LogP contribution is 2.15. The number of hydrogen-bond donors (Lipinski definition) is 1. The molecule has 6 nitrogen and oxygen atoms in total. The van der Waals surface area contributed by atoms with E-state index in [1.807, 2.05) is 11.6 Å². The van der Waals surface area contributed by atoms with Gasteiger partial charge in [0.05, 0.1) is 12.5 Å². The van der Waals surface area contributed by atoms with Gasteiger partial charge in [-0.25, -0.2) is 4.98 Å². The zero-order valence-electron chi connectivity index (χ0n) is 11.0. The predicted octanol–water partition coefficient (Wildman–Crippen LogP) is 1.39. The van der Waals surface area contributed by atoms with E-state index >= 15 is 0 Å². The van der Waals surface area contributed by atoms with E-state index in [4.69, 9.17) is 10.3 Å². The summed E-state index contributed by atoms with van der Waals surface area (Å²) in [5.74, 6) is 1.71. The second-order valence-electron chi connectivity index (χ2n) is 5.00. The molecule has 0 saturated heterocycles. The molecule has 6 heteroatoms. The number of hydrogen-bond acceptors (Lipinski definition) is 5. The molecule has 98 valence electrons. The fourth-order valence-electron chi connectivity index (χ4n) is 1.93. The Bertz CT molecular complexity index is 502. The summed E-state index contributed by atoms with van der Waals surface area (Å²) in [6.07, 6.45) is 4.98. The van der Waals surface area contributed by atoms with E-state index in [1.165, 1.54) is 0 Å². The molecule has 0 aliphatic rings. The zero-order chi connectivity index (χ0) is 13.1. The first-order valence-corrected chi connectivity index (χ1v) is 6.11. The van der Waals surface area contributed by atoms with E-state index in [-0.39, 0.29) is 6.04 Å². The molecule has 0 fully saturated rings. The first kappa shape index (κ1) is 12.8. The van der Waals surface area contributed by atoms with Crippen molar-refractivity contribution < 1.29 is 4.52 Å². The Labute approximate surface area is 106 Å². The lowest BCUT2D eigenvalue weighted by Crippen LogP contribution is -2.24. The van der Waals surface area contributed by atoms with Crippen molar-refractivity contribution in [1.82, 2.24) is 19.7 Å². The third kappa shape index (κ3) is 2.95. The SMILES string of the molecule is CC(C)CC(N)Cc1nc(-c2cncn2C)no1. The van der Waals surface area contributed by atoms with Gasteiger partial charge in [-0.05, 0) is 12.3 Å². The minimum atomic E-state index is 0.0600. The van der Waals surface area contributed by atoms with Gasteiger partial charge in [-0.15, -0.1) is 0 Å². The maximum Gasteiger partial charge on any atom is 0.228 e. The fraction of sp³-hybridized carbons (Fsp3) is 0.583. The summed E-state index contributed by atoms with van der Waals surface area (Å²) in [5, 5.41) is 3.95. The van der Waals surface area contributed by atoms with Crippen molar-refractivity contribution in [3.05, 3.63) is 18.4 Å². The van der Waals surface area contributed by atoms with Crippen molar-refractivity contribution in [2.45, 2.75) is 32.7 Å². The Balaban J connectivity index is 2.05. The molecular weight excluding hydrogens is 230 g/mol. The summed E-state index contributed by atoms with van der Waals surface area (Å²) in [4.78, 5) is 8.37. The van der Waals surface area contributed by atoms with E-state index in [2.05, 4.69) is 29.0 Å². The van der Waals surface area contributed by atoms with Crippen LogP contribution in [-0.4, -0.2) is 25.7 Å². The van der Waals surface area contributed by atoms with Gasteiger partial charge in [0, 0.05) is 19.5 Å². The first-order chi connectivity index (χ1) is 8.56. The van der Waals surface area contributed by atoms with Crippen molar-refractivity contribution in [1.29, 1.82) is 0 Å². The number of aromatic nitrogens is 4. The van der Waals surface area contributed by atoms with Crippen molar-refractivity contribution in [2.75, 3.05) is 0 Å². The predicted molar refractivity (Wildman–Crippen MR) is 67.6 cm³/mol. The molecule has 0 amide bonds. The van der Waals surface area contributed by atoms with Crippen LogP contribution in [0.4, 0.5) is 0 Å². The summed E-state index contributed by atoms with van der Waals surface area (Å²) >= 11 is 0. The lowest BCUT2D eigenvalue weighted by molar-refractivity contribution is 0.359. The van der Waals surface area contributed by atoms with Gasteiger partial charge in [0.1, 0.15) is 5.69 Å². The van der Waals surface area contributed by atoms with Gasteiger partial charge in [0.2, 0.25) is 11.7 Å². The number of nitrogens with zero attached hydrogens (tertiary/aromatic N) is 4. The lowest BCUT2D eigenvalue weighted by atomic mass is 10.0. The second kappa shape index (κ2) is 5.30. The Morgan fingerprint density at radius 3 is 2.83 bits per heavy atom. The topological polar surface area (TPSA) is 82.8 Å². The Morgan fingerprint density at radius 2 is 2.22 bits per heavy atom. The molecule has 0 saturated carbocycles. The fourth-order valence-corrected chi connectivity index (χ4v) is 1.93. The molecule has 2 aromatic heterocycles. The van der Waals surface area contributed by atoms with Gasteiger partial charge in [-0.1, -0.05) is 19.0 Å². The maximum absolute atomic E-state index is 6.02. The van der Waals surface area contributed by atoms with Crippen molar-refractivity contribution >= 4 is 0 Å². The Hall–Kier alpha value is -1.69. The van der Waals surface area contributed by atoms with Gasteiger partial charge >= 0.3 is 0 Å². The van der Waals surface area contributed by atoms with Gasteiger partial charge in [-0.3, -0.25) is 0 Å². The maximum atomic E-state index is 6.02. The van der Waals surface area contributed by atoms with Crippen LogP contribution in [-0.2, 0) is 13.5 Å². The monoisotopic (exact) mass is 249 g/mol. The van der Waals surface area contributed by atoms with Crippen LogP contribution in [0.25, 0.3) is 11.5 Å². The molecule has 0 aliphatic heterocycles. The lowest BCUT2D eigenvalue weighted by Gasteiger charge is -2.10. The molecule has 2 heterocycles. The number of rotatable bonds is 5. The molecule has 2 N–H and O–H groups in total. The van der Waals surface area contributed by atoms with E-state index in [0.29, 0.717) is 24.1 Å². The first-order valence-electron chi connectivity index (χ1n) is 6.11. The Morgan fingerprint density at radius 1 is 1.44 bits per heavy atom. The van der Waals surface area contributed by atoms with Gasteiger partial charge < -0.3 is 14.8 Å². The van der Waals surface area contributed by atoms with Crippen LogP contribution in [0.2, 0.25) is 0 Å². The van der Waals surface area contributed by atoms with Crippen LogP contribution in [0.3, 0.4) is 0 Å². The highest BCUT2D eigenvalue weighted by atomic mass is 16.5. The average molecular weight is 249 g/mol. The van der Waals surface area contributed by atoms with Crippen LogP contribution >= 0.6 is 0 Å². The molecule has 0 spiro atoms. The summed E-state index contributed by atoms with van der Waals surface area (Å²) in [7, 11) is 1.89. The minimum Gasteiger partial charge on any atom is -0.339 e. The van der Waals surface area contributed by atoms with Crippen LogP contribution in [0.1, 0.15) is 26.2 Å². The third-order valence-electron chi connectivity index (χ3n) is 2.72. The van der Waals surface area contributed by atoms with Crippen LogP contribution in [0, 0.1) is 5.92 Å². The van der Waals surface area contributed by atoms with E-state index in [0.717, 1.165) is 12.1 Å². The summed E-state index contributed by atoms with van der Waals surface area (Å²) in [6.45, 7) is 4.30.